The Morgan fingerprint density at radius 2 is 0.771 bits per heavy atom. The predicted molar refractivity (Wildman–Crippen MR) is 119 cm³/mol. The highest BCUT2D eigenvalue weighted by Gasteiger charge is 2.32. The van der Waals surface area contributed by atoms with Crippen LogP contribution in [0, 0.1) is 80.0 Å². The Balaban J connectivity index is 0.00000145. The maximum Gasteiger partial charge on any atom is 0.198 e. The van der Waals surface area contributed by atoms with Crippen LogP contribution in [0.1, 0.15) is 49.9 Å². The van der Waals surface area contributed by atoms with E-state index in [2.05, 4.69) is 0 Å². The smallest absolute Gasteiger partial charge is 0.198 e. The van der Waals surface area contributed by atoms with E-state index in [1.54, 1.807) is 0 Å². The first-order valence-electron chi connectivity index (χ1n) is 10.8. The lowest BCUT2D eigenvalue weighted by Crippen LogP contribution is -2.09. The molecule has 0 aromatic heterocycles. The minimum absolute atomic E-state index is 0.361. The number of rotatable bonds is 2. The summed E-state index contributed by atoms with van der Waals surface area (Å²) in [7, 11) is 0. The topological polar surface area (TPSA) is 0 Å². The zero-order valence-corrected chi connectivity index (χ0v) is 20.5. The predicted octanol–water partition coefficient (Wildman–Crippen LogP) is 9.56. The second-order valence-corrected chi connectivity index (χ2v) is 7.06. The van der Waals surface area contributed by atoms with Crippen molar-refractivity contribution in [3.8, 4) is 22.3 Å². The molecule has 3 aromatic rings. The van der Waals surface area contributed by atoms with Gasteiger partial charge in [-0.3, -0.25) is 0 Å². The average Bonchev–Trinajstić information content (AvgIpc) is 2.85. The average molecular weight is 508 g/mol. The Bertz CT molecular complexity index is 1110. The molecule has 3 rings (SSSR count). The lowest BCUT2D eigenvalue weighted by Gasteiger charge is -2.18. The van der Waals surface area contributed by atoms with Crippen molar-refractivity contribution < 1.29 is 39.5 Å². The molecule has 0 bridgehead atoms. The molecule has 0 heterocycles. The summed E-state index contributed by atoms with van der Waals surface area (Å²) in [5.41, 5.74) is -6.99. The highest BCUT2D eigenvalue weighted by molar-refractivity contribution is 5.80. The fourth-order valence-corrected chi connectivity index (χ4v) is 3.42. The van der Waals surface area contributed by atoms with Crippen LogP contribution in [0.4, 0.5) is 39.5 Å². The van der Waals surface area contributed by atoms with Crippen molar-refractivity contribution in [1.29, 1.82) is 0 Å². The second kappa shape index (κ2) is 11.6. The van der Waals surface area contributed by atoms with E-state index in [0.717, 1.165) is 27.7 Å². The molecule has 0 unspecified atom stereocenters. The molecule has 3 aromatic carbocycles. The van der Waals surface area contributed by atoms with Gasteiger partial charge in [-0.2, -0.15) is 0 Å². The van der Waals surface area contributed by atoms with Gasteiger partial charge in [0.2, 0.25) is 0 Å². The van der Waals surface area contributed by atoms with Gasteiger partial charge in [0.15, 0.2) is 34.9 Å². The Morgan fingerprint density at radius 1 is 0.371 bits per heavy atom. The molecule has 0 atom stereocenters. The van der Waals surface area contributed by atoms with Crippen LogP contribution in [0.15, 0.2) is 6.07 Å². The molecular weight excluding hydrogens is 483 g/mol. The van der Waals surface area contributed by atoms with Gasteiger partial charge in [0.05, 0.1) is 11.1 Å². The lowest BCUT2D eigenvalue weighted by molar-refractivity contribution is 0.407. The maximum absolute atomic E-state index is 15.4. The molecule has 0 aliphatic carbocycles. The summed E-state index contributed by atoms with van der Waals surface area (Å²) in [6.07, 6.45) is 0. The van der Waals surface area contributed by atoms with E-state index in [1.165, 1.54) is 0 Å². The molecule has 0 radical (unpaired) electrons. The van der Waals surface area contributed by atoms with Crippen LogP contribution in [0.3, 0.4) is 0 Å². The summed E-state index contributed by atoms with van der Waals surface area (Å²) in [5.74, 6) is -16.5. The summed E-state index contributed by atoms with van der Waals surface area (Å²) in [5, 5.41) is 0. The number of benzene rings is 3. The second-order valence-electron chi connectivity index (χ2n) is 7.06. The van der Waals surface area contributed by atoms with Crippen LogP contribution in [-0.2, 0) is 0 Å². The normalized spacial score (nSPS) is 10.4. The molecule has 0 saturated heterocycles. The van der Waals surface area contributed by atoms with Crippen molar-refractivity contribution in [3.05, 3.63) is 80.7 Å². The number of halogens is 9. The zero-order valence-electron chi connectivity index (χ0n) is 20.5. The fraction of sp³-hybridized carbons (Fsp3) is 0.308. The van der Waals surface area contributed by atoms with Crippen LogP contribution in [0.25, 0.3) is 22.3 Å². The Hall–Kier alpha value is -2.97. The van der Waals surface area contributed by atoms with E-state index in [9.17, 15) is 35.1 Å². The minimum atomic E-state index is -2.33. The quantitative estimate of drug-likeness (QED) is 0.184. The van der Waals surface area contributed by atoms with E-state index in [4.69, 9.17) is 0 Å². The Morgan fingerprint density at radius 3 is 1.29 bits per heavy atom. The van der Waals surface area contributed by atoms with Crippen LogP contribution in [0.5, 0.6) is 0 Å². The van der Waals surface area contributed by atoms with E-state index in [0.29, 0.717) is 6.07 Å². The molecule has 0 aliphatic rings. The van der Waals surface area contributed by atoms with Crippen molar-refractivity contribution in [1.82, 2.24) is 0 Å². The maximum atomic E-state index is 15.4. The van der Waals surface area contributed by atoms with Gasteiger partial charge in [-0.1, -0.05) is 27.7 Å². The van der Waals surface area contributed by atoms with Crippen LogP contribution in [0.2, 0.25) is 0 Å². The Kier molecular flexibility index (Phi) is 10.00. The number of hydrogen-bond donors (Lipinski definition) is 0. The van der Waals surface area contributed by atoms with Crippen LogP contribution >= 0.6 is 0 Å². The first-order chi connectivity index (χ1) is 16.3. The van der Waals surface area contributed by atoms with E-state index >= 15 is 4.39 Å². The van der Waals surface area contributed by atoms with Gasteiger partial charge >= 0.3 is 0 Å². The van der Waals surface area contributed by atoms with Crippen LogP contribution < -0.4 is 0 Å². The van der Waals surface area contributed by atoms with Crippen molar-refractivity contribution in [2.45, 2.75) is 55.4 Å². The van der Waals surface area contributed by atoms with Gasteiger partial charge < -0.3 is 0 Å². The van der Waals surface area contributed by atoms with Crippen molar-refractivity contribution in [2.75, 3.05) is 0 Å². The molecule has 0 spiro atoms. The first-order valence-corrected chi connectivity index (χ1v) is 10.8. The number of aryl methyl sites for hydroxylation is 1. The molecule has 0 amide bonds. The molecule has 0 fully saturated rings. The van der Waals surface area contributed by atoms with Crippen molar-refractivity contribution >= 4 is 0 Å². The number of hydrogen-bond acceptors (Lipinski definition) is 0. The largest absolute Gasteiger partial charge is 0.206 e. The summed E-state index contributed by atoms with van der Waals surface area (Å²) in [6.45, 7) is 12.0. The van der Waals surface area contributed by atoms with Gasteiger partial charge in [0.25, 0.3) is 0 Å². The third kappa shape index (κ3) is 4.90. The van der Waals surface area contributed by atoms with Gasteiger partial charge in [0, 0.05) is 11.1 Å². The molecule has 35 heavy (non-hydrogen) atoms. The van der Waals surface area contributed by atoms with Crippen molar-refractivity contribution in [2.24, 2.45) is 0 Å². The van der Waals surface area contributed by atoms with Gasteiger partial charge in [-0.05, 0) is 56.0 Å². The molecule has 0 nitrogen and oxygen atoms in total. The molecule has 0 aliphatic heterocycles. The zero-order chi connectivity index (χ0) is 27.5. The SMILES string of the molecule is CC.CC.Cc1cc(F)c(-c2c(C)c(F)c(F)c(F)c2F)c(F)c1-c1c(F)c(C)c(C)c(F)c1F. The highest BCUT2D eigenvalue weighted by Crippen LogP contribution is 2.42. The summed E-state index contributed by atoms with van der Waals surface area (Å²) < 4.78 is 129. The van der Waals surface area contributed by atoms with Gasteiger partial charge in [0.1, 0.15) is 17.5 Å². The monoisotopic (exact) mass is 508 g/mol. The summed E-state index contributed by atoms with van der Waals surface area (Å²) in [6, 6.07) is 0.539. The molecule has 192 valence electrons. The van der Waals surface area contributed by atoms with Gasteiger partial charge in [-0.25, -0.2) is 39.5 Å². The minimum Gasteiger partial charge on any atom is -0.206 e. The standard InChI is InChI=1S/C22H13F9.2C2H6/c1-6-5-10(23)13(12-9(4)17(26)21(30)22(31)19(12)28)18(27)11(6)14-15(24)7(2)8(3)16(25)20(14)29;2*1-2/h5H,1-4H3;2*1-2H3. The molecule has 9 heteroatoms. The highest BCUT2D eigenvalue weighted by atomic mass is 19.2. The summed E-state index contributed by atoms with van der Waals surface area (Å²) in [4.78, 5) is 0. The summed E-state index contributed by atoms with van der Waals surface area (Å²) >= 11 is 0. The Labute approximate surface area is 198 Å². The molecule has 0 saturated carbocycles. The van der Waals surface area contributed by atoms with E-state index in [-0.39, 0.29) is 11.1 Å². The van der Waals surface area contributed by atoms with Crippen molar-refractivity contribution in [3.63, 3.8) is 0 Å². The third-order valence-electron chi connectivity index (χ3n) is 5.27. The third-order valence-corrected chi connectivity index (χ3v) is 5.27. The lowest BCUT2D eigenvalue weighted by atomic mass is 9.89. The van der Waals surface area contributed by atoms with E-state index < -0.39 is 85.7 Å². The fourth-order valence-electron chi connectivity index (χ4n) is 3.42. The van der Waals surface area contributed by atoms with Gasteiger partial charge in [-0.15, -0.1) is 0 Å². The molecular formula is C26H25F9. The van der Waals surface area contributed by atoms with E-state index in [1.807, 2.05) is 27.7 Å². The van der Waals surface area contributed by atoms with Crippen LogP contribution in [-0.4, -0.2) is 0 Å². The molecule has 0 N–H and O–H groups in total. The first kappa shape index (κ1) is 30.1.